The third-order valence-electron chi connectivity index (χ3n) is 0.382. The van der Waals surface area contributed by atoms with E-state index in [9.17, 15) is 4.79 Å². The van der Waals surface area contributed by atoms with E-state index >= 15 is 0 Å². The van der Waals surface area contributed by atoms with Gasteiger partial charge in [0.25, 0.3) is 0 Å². The molecule has 0 aromatic rings. The molecule has 0 aliphatic heterocycles. The Bertz CT molecular complexity index is 94.0. The first-order valence-corrected chi connectivity index (χ1v) is 3.51. The van der Waals surface area contributed by atoms with Crippen LogP contribution in [0.3, 0.4) is 0 Å². The molecule has 8 heavy (non-hydrogen) atoms. The van der Waals surface area contributed by atoms with Gasteiger partial charge in [0.2, 0.25) is 0 Å². The number of carbonyl (C=O) groups excluding carboxylic acids is 1. The Morgan fingerprint density at radius 3 is 3.00 bits per heavy atom. The molecule has 0 N–H and O–H groups in total. The number of hydrogen-bond acceptors (Lipinski definition) is 3. The maximum absolute atomic E-state index is 10.1. The molecule has 0 spiro atoms. The number of ether oxygens (including phenoxy) is 1. The van der Waals surface area contributed by atoms with Gasteiger partial charge < -0.3 is 4.74 Å². The predicted octanol–water partition coefficient (Wildman–Crippen LogP) is 2.20. The highest BCUT2D eigenvalue weighted by Crippen LogP contribution is 2.08. The smallest absolute Gasteiger partial charge is 0.383 e. The van der Waals surface area contributed by atoms with Gasteiger partial charge in [-0.3, -0.25) is 0 Å². The van der Waals surface area contributed by atoms with Crippen LogP contribution < -0.4 is 0 Å². The Morgan fingerprint density at radius 1 is 2.00 bits per heavy atom. The van der Waals surface area contributed by atoms with Crippen molar-refractivity contribution in [1.82, 2.24) is 0 Å². The summed E-state index contributed by atoms with van der Waals surface area (Å²) in [5.74, 6) is 0. The minimum Gasteiger partial charge on any atom is -0.453 e. The topological polar surface area (TPSA) is 26.3 Å². The summed E-state index contributed by atoms with van der Waals surface area (Å²) in [6.07, 6.45) is 1.48. The summed E-state index contributed by atoms with van der Waals surface area (Å²) in [7, 11) is 5.52. The lowest BCUT2D eigenvalue weighted by Crippen LogP contribution is -1.93. The molecule has 0 bridgehead atoms. The fourth-order valence-electron chi connectivity index (χ4n) is 0.149. The zero-order valence-corrected chi connectivity index (χ0v) is 5.67. The summed E-state index contributed by atoms with van der Waals surface area (Å²) in [5.41, 5.74) is 0. The van der Waals surface area contributed by atoms with Crippen LogP contribution in [0.1, 0.15) is 0 Å². The Kier molecular flexibility index (Phi) is 4.90. The molecule has 0 atom stereocenters. The molecule has 2 nitrogen and oxygen atoms in total. The average molecular weight is 153 g/mol. The first-order chi connectivity index (χ1) is 3.81. The minimum atomic E-state index is -0.494. The Labute approximate surface area is 56.3 Å². The van der Waals surface area contributed by atoms with Gasteiger partial charge in [0.15, 0.2) is 0 Å². The van der Waals surface area contributed by atoms with Gasteiger partial charge in [-0.2, -0.15) is 0 Å². The van der Waals surface area contributed by atoms with Crippen molar-refractivity contribution in [1.29, 1.82) is 0 Å². The maximum atomic E-state index is 10.1. The lowest BCUT2D eigenvalue weighted by molar-refractivity contribution is 0.188. The highest BCUT2D eigenvalue weighted by Gasteiger charge is 1.95. The highest BCUT2D eigenvalue weighted by atomic mass is 35.7. The van der Waals surface area contributed by atoms with Crippen molar-refractivity contribution in [3.8, 4) is 0 Å². The van der Waals surface area contributed by atoms with E-state index in [1.807, 2.05) is 0 Å². The number of rotatable bonds is 2. The zero-order valence-electron chi connectivity index (χ0n) is 4.09. The monoisotopic (exact) mass is 152 g/mol. The standard InChI is InChI=1S/C4H5ClO2S/c1-2-3-7-4(6)8-5/h2H,1,3H2. The van der Waals surface area contributed by atoms with Gasteiger partial charge in [-0.1, -0.05) is 12.7 Å². The third kappa shape index (κ3) is 4.02. The molecule has 0 amide bonds. The van der Waals surface area contributed by atoms with Gasteiger partial charge in [0.05, 0.1) is 11.0 Å². The molecule has 46 valence electrons. The van der Waals surface area contributed by atoms with Crippen LogP contribution in [0.15, 0.2) is 12.7 Å². The van der Waals surface area contributed by atoms with Crippen LogP contribution >= 0.6 is 21.7 Å². The lowest BCUT2D eigenvalue weighted by atomic mass is 10.7. The third-order valence-corrected chi connectivity index (χ3v) is 1.00. The summed E-state index contributed by atoms with van der Waals surface area (Å²) < 4.78 is 4.41. The van der Waals surface area contributed by atoms with Crippen molar-refractivity contribution in [3.05, 3.63) is 12.7 Å². The van der Waals surface area contributed by atoms with Gasteiger partial charge in [-0.25, -0.2) is 4.79 Å². The average Bonchev–Trinajstić information content (AvgIpc) is 1.83. The summed E-state index contributed by atoms with van der Waals surface area (Å²) in [4.78, 5) is 10.1. The van der Waals surface area contributed by atoms with Crippen molar-refractivity contribution < 1.29 is 9.53 Å². The van der Waals surface area contributed by atoms with Crippen LogP contribution in [0.2, 0.25) is 0 Å². The molecule has 0 rings (SSSR count). The lowest BCUT2D eigenvalue weighted by Gasteiger charge is -1.92. The largest absolute Gasteiger partial charge is 0.453 e. The molecule has 0 aliphatic carbocycles. The second-order valence-electron chi connectivity index (χ2n) is 0.927. The van der Waals surface area contributed by atoms with E-state index in [1.165, 1.54) is 6.08 Å². The van der Waals surface area contributed by atoms with Gasteiger partial charge in [-0.05, 0) is 10.7 Å². The van der Waals surface area contributed by atoms with Crippen molar-refractivity contribution >= 4 is 27.0 Å². The molecule has 0 unspecified atom stereocenters. The molecule has 0 fully saturated rings. The molecule has 0 aromatic carbocycles. The molecule has 0 aliphatic rings. The van der Waals surface area contributed by atoms with Crippen LogP contribution in [0.25, 0.3) is 0 Å². The second kappa shape index (κ2) is 5.00. The summed E-state index contributed by atoms with van der Waals surface area (Å²) in [5, 5.41) is -0.494. The first kappa shape index (κ1) is 7.85. The predicted molar refractivity (Wildman–Crippen MR) is 35.0 cm³/mol. The fourth-order valence-corrected chi connectivity index (χ4v) is 0.395. The summed E-state index contributed by atoms with van der Waals surface area (Å²) in [6.45, 7) is 3.56. The van der Waals surface area contributed by atoms with Crippen molar-refractivity contribution in [2.75, 3.05) is 6.61 Å². The van der Waals surface area contributed by atoms with E-state index in [2.05, 4.69) is 11.3 Å². The number of carbonyl (C=O) groups is 1. The van der Waals surface area contributed by atoms with Crippen LogP contribution in [0.5, 0.6) is 0 Å². The maximum Gasteiger partial charge on any atom is 0.383 e. The van der Waals surface area contributed by atoms with Crippen molar-refractivity contribution in [2.45, 2.75) is 0 Å². The fraction of sp³-hybridized carbons (Fsp3) is 0.250. The zero-order chi connectivity index (χ0) is 6.41. The Hall–Kier alpha value is -0.150. The van der Waals surface area contributed by atoms with Crippen molar-refractivity contribution in [2.24, 2.45) is 0 Å². The van der Waals surface area contributed by atoms with Gasteiger partial charge in [0, 0.05) is 0 Å². The quantitative estimate of drug-likeness (QED) is 0.448. The Morgan fingerprint density at radius 2 is 2.62 bits per heavy atom. The highest BCUT2D eigenvalue weighted by molar-refractivity contribution is 8.32. The SMILES string of the molecule is C=CCOC(=O)SCl. The van der Waals surface area contributed by atoms with Crippen LogP contribution in [0.4, 0.5) is 4.79 Å². The van der Waals surface area contributed by atoms with Crippen LogP contribution in [-0.2, 0) is 4.74 Å². The molecule has 0 heterocycles. The van der Waals surface area contributed by atoms with Crippen LogP contribution in [-0.4, -0.2) is 11.9 Å². The van der Waals surface area contributed by atoms with Crippen molar-refractivity contribution in [3.63, 3.8) is 0 Å². The minimum absolute atomic E-state index is 0.221. The number of halogens is 1. The molecule has 4 heteroatoms. The summed E-state index contributed by atoms with van der Waals surface area (Å²) >= 11 is 0. The molecular weight excluding hydrogens is 148 g/mol. The first-order valence-electron chi connectivity index (χ1n) is 1.87. The summed E-state index contributed by atoms with van der Waals surface area (Å²) in [6, 6.07) is 0. The molecule has 0 saturated heterocycles. The molecule has 0 aromatic heterocycles. The Balaban J connectivity index is 3.11. The van der Waals surface area contributed by atoms with E-state index in [4.69, 9.17) is 10.7 Å². The van der Waals surface area contributed by atoms with E-state index < -0.39 is 5.30 Å². The van der Waals surface area contributed by atoms with E-state index in [1.54, 1.807) is 0 Å². The van der Waals surface area contributed by atoms with Gasteiger partial charge in [0.1, 0.15) is 6.61 Å². The van der Waals surface area contributed by atoms with Crippen LogP contribution in [0, 0.1) is 0 Å². The van der Waals surface area contributed by atoms with E-state index in [0.717, 1.165) is 0 Å². The van der Waals surface area contributed by atoms with Gasteiger partial charge in [-0.15, -0.1) is 0 Å². The molecular formula is C4H5ClO2S. The number of hydrogen-bond donors (Lipinski definition) is 0. The molecule has 0 saturated carbocycles. The second-order valence-corrected chi connectivity index (χ2v) is 1.88. The molecule has 0 radical (unpaired) electrons. The normalized spacial score (nSPS) is 8.12. The van der Waals surface area contributed by atoms with Gasteiger partial charge >= 0.3 is 5.30 Å². The van der Waals surface area contributed by atoms with E-state index in [-0.39, 0.29) is 6.61 Å². The van der Waals surface area contributed by atoms with E-state index in [0.29, 0.717) is 11.0 Å².